The molecule has 0 aliphatic heterocycles. The Hall–Kier alpha value is -2.61. The molecule has 2 aromatic heterocycles. The molecule has 1 aromatic carbocycles. The van der Waals surface area contributed by atoms with Gasteiger partial charge in [-0.25, -0.2) is 0 Å². The Kier molecular flexibility index (Phi) is 4.95. The number of aromatic nitrogens is 4. The van der Waals surface area contributed by atoms with Crippen LogP contribution in [0.15, 0.2) is 28.7 Å². The number of anilines is 1. The third kappa shape index (κ3) is 4.02. The molecular weight excluding hydrogens is 326 g/mol. The van der Waals surface area contributed by atoms with Crippen LogP contribution in [0.2, 0.25) is 0 Å². The summed E-state index contributed by atoms with van der Waals surface area (Å²) >= 11 is 1.38. The lowest BCUT2D eigenvalue weighted by Crippen LogP contribution is -2.12. The molecule has 24 heavy (non-hydrogen) atoms. The molecule has 124 valence electrons. The van der Waals surface area contributed by atoms with Crippen molar-refractivity contribution in [1.82, 2.24) is 20.4 Å². The summed E-state index contributed by atoms with van der Waals surface area (Å²) in [5, 5.41) is 20.0. The molecule has 1 amide bonds. The average Bonchev–Trinajstić information content (AvgIpc) is 3.23. The molecule has 1 N–H and O–H groups in total. The van der Waals surface area contributed by atoms with Crippen LogP contribution in [0, 0.1) is 6.92 Å². The molecule has 0 saturated heterocycles. The Labute approximate surface area is 143 Å². The first-order chi connectivity index (χ1) is 11.6. The molecule has 0 aliphatic rings. The zero-order chi connectivity index (χ0) is 16.9. The van der Waals surface area contributed by atoms with E-state index >= 15 is 0 Å². The molecule has 0 bridgehead atoms. The molecule has 0 spiro atoms. The van der Waals surface area contributed by atoms with Crippen LogP contribution in [0.5, 0.6) is 0 Å². The molecular formula is C16H17N5O2S. The quantitative estimate of drug-likeness (QED) is 0.739. The second-order valence-electron chi connectivity index (χ2n) is 5.27. The SMILES string of the molecule is CCc1nnc(NC(=O)CCc2nnc(-c3ccc(C)cc3)o2)s1. The lowest BCUT2D eigenvalue weighted by molar-refractivity contribution is -0.116. The number of aryl methyl sites for hydroxylation is 3. The van der Waals surface area contributed by atoms with Gasteiger partial charge in [-0.3, -0.25) is 4.79 Å². The summed E-state index contributed by atoms with van der Waals surface area (Å²) in [5.74, 6) is 0.748. The fourth-order valence-electron chi connectivity index (χ4n) is 2.02. The molecule has 0 fully saturated rings. The van der Waals surface area contributed by atoms with Crippen LogP contribution in [0.25, 0.3) is 11.5 Å². The molecule has 8 heteroatoms. The molecule has 3 aromatic rings. The van der Waals surface area contributed by atoms with E-state index in [1.165, 1.54) is 11.3 Å². The van der Waals surface area contributed by atoms with Gasteiger partial charge < -0.3 is 9.73 Å². The maximum Gasteiger partial charge on any atom is 0.247 e. The first kappa shape index (κ1) is 16.3. The monoisotopic (exact) mass is 343 g/mol. The first-order valence-corrected chi connectivity index (χ1v) is 8.47. The maximum atomic E-state index is 11.9. The van der Waals surface area contributed by atoms with E-state index in [1.807, 2.05) is 38.1 Å². The van der Waals surface area contributed by atoms with Crippen LogP contribution in [0.3, 0.4) is 0 Å². The zero-order valence-electron chi connectivity index (χ0n) is 13.4. The fraction of sp³-hybridized carbons (Fsp3) is 0.312. The van der Waals surface area contributed by atoms with Crippen molar-refractivity contribution in [3.05, 3.63) is 40.7 Å². The van der Waals surface area contributed by atoms with Gasteiger partial charge in [-0.05, 0) is 25.5 Å². The molecule has 2 heterocycles. The number of hydrogen-bond donors (Lipinski definition) is 1. The highest BCUT2D eigenvalue weighted by atomic mass is 32.1. The van der Waals surface area contributed by atoms with Gasteiger partial charge in [0.1, 0.15) is 5.01 Å². The molecule has 0 saturated carbocycles. The minimum Gasteiger partial charge on any atom is -0.421 e. The molecule has 0 atom stereocenters. The van der Waals surface area contributed by atoms with E-state index in [-0.39, 0.29) is 12.3 Å². The number of carbonyl (C=O) groups excluding carboxylic acids is 1. The normalized spacial score (nSPS) is 10.8. The Morgan fingerprint density at radius 1 is 1.17 bits per heavy atom. The van der Waals surface area contributed by atoms with Crippen molar-refractivity contribution in [2.24, 2.45) is 0 Å². The van der Waals surface area contributed by atoms with Gasteiger partial charge >= 0.3 is 0 Å². The van der Waals surface area contributed by atoms with Crippen LogP contribution < -0.4 is 5.32 Å². The van der Waals surface area contributed by atoms with Gasteiger partial charge in [-0.2, -0.15) is 0 Å². The minimum absolute atomic E-state index is 0.149. The van der Waals surface area contributed by atoms with Crippen molar-refractivity contribution in [3.63, 3.8) is 0 Å². The van der Waals surface area contributed by atoms with E-state index in [9.17, 15) is 4.79 Å². The molecule has 0 radical (unpaired) electrons. The summed E-state index contributed by atoms with van der Waals surface area (Å²) in [6, 6.07) is 7.83. The second kappa shape index (κ2) is 7.31. The third-order valence-corrected chi connectivity index (χ3v) is 4.33. The summed E-state index contributed by atoms with van der Waals surface area (Å²) in [7, 11) is 0. The van der Waals surface area contributed by atoms with E-state index in [4.69, 9.17) is 4.42 Å². The van der Waals surface area contributed by atoms with Crippen LogP contribution >= 0.6 is 11.3 Å². The van der Waals surface area contributed by atoms with E-state index in [0.29, 0.717) is 23.3 Å². The Bertz CT molecular complexity index is 825. The largest absolute Gasteiger partial charge is 0.421 e. The van der Waals surface area contributed by atoms with Gasteiger partial charge in [0.25, 0.3) is 0 Å². The van der Waals surface area contributed by atoms with E-state index in [2.05, 4.69) is 25.7 Å². The first-order valence-electron chi connectivity index (χ1n) is 7.65. The Morgan fingerprint density at radius 3 is 2.67 bits per heavy atom. The predicted molar refractivity (Wildman–Crippen MR) is 90.7 cm³/mol. The summed E-state index contributed by atoms with van der Waals surface area (Å²) < 4.78 is 5.60. The predicted octanol–water partition coefficient (Wildman–Crippen LogP) is 3.03. The lowest BCUT2D eigenvalue weighted by atomic mass is 10.1. The van der Waals surface area contributed by atoms with Crippen molar-refractivity contribution in [1.29, 1.82) is 0 Å². The van der Waals surface area contributed by atoms with Gasteiger partial charge in [0.15, 0.2) is 0 Å². The Balaban J connectivity index is 1.55. The summed E-state index contributed by atoms with van der Waals surface area (Å²) in [6.07, 6.45) is 1.43. The fourth-order valence-corrected chi connectivity index (χ4v) is 2.71. The third-order valence-electron chi connectivity index (χ3n) is 3.35. The highest BCUT2D eigenvalue weighted by Crippen LogP contribution is 2.19. The molecule has 7 nitrogen and oxygen atoms in total. The molecule has 0 unspecified atom stereocenters. The number of carbonyl (C=O) groups is 1. The van der Waals surface area contributed by atoms with Crippen molar-refractivity contribution < 1.29 is 9.21 Å². The van der Waals surface area contributed by atoms with Crippen LogP contribution in [-0.4, -0.2) is 26.3 Å². The number of rotatable bonds is 6. The van der Waals surface area contributed by atoms with Crippen molar-refractivity contribution in [3.8, 4) is 11.5 Å². The van der Waals surface area contributed by atoms with E-state index < -0.39 is 0 Å². The van der Waals surface area contributed by atoms with Gasteiger partial charge in [-0.1, -0.05) is 36.0 Å². The highest BCUT2D eigenvalue weighted by molar-refractivity contribution is 7.15. The van der Waals surface area contributed by atoms with Crippen molar-refractivity contribution in [2.75, 3.05) is 5.32 Å². The highest BCUT2D eigenvalue weighted by Gasteiger charge is 2.12. The van der Waals surface area contributed by atoms with E-state index in [1.54, 1.807) is 0 Å². The number of benzene rings is 1. The van der Waals surface area contributed by atoms with Crippen molar-refractivity contribution in [2.45, 2.75) is 33.1 Å². The van der Waals surface area contributed by atoms with Gasteiger partial charge in [0.05, 0.1) is 0 Å². The second-order valence-corrected chi connectivity index (χ2v) is 6.33. The number of hydrogen-bond acceptors (Lipinski definition) is 7. The maximum absolute atomic E-state index is 11.9. The van der Waals surface area contributed by atoms with Crippen LogP contribution in [0.1, 0.15) is 29.8 Å². The summed E-state index contributed by atoms with van der Waals surface area (Å²) in [4.78, 5) is 11.9. The lowest BCUT2D eigenvalue weighted by Gasteiger charge is -1.98. The molecule has 0 aliphatic carbocycles. The van der Waals surface area contributed by atoms with E-state index in [0.717, 1.165) is 22.6 Å². The van der Waals surface area contributed by atoms with Gasteiger partial charge in [0, 0.05) is 18.4 Å². The van der Waals surface area contributed by atoms with Crippen LogP contribution in [-0.2, 0) is 17.6 Å². The smallest absolute Gasteiger partial charge is 0.247 e. The topological polar surface area (TPSA) is 93.8 Å². The van der Waals surface area contributed by atoms with Gasteiger partial charge in [-0.15, -0.1) is 20.4 Å². The van der Waals surface area contributed by atoms with Gasteiger partial charge in [0.2, 0.25) is 22.8 Å². The minimum atomic E-state index is -0.149. The average molecular weight is 343 g/mol. The zero-order valence-corrected chi connectivity index (χ0v) is 14.3. The molecule has 3 rings (SSSR count). The summed E-state index contributed by atoms with van der Waals surface area (Å²) in [6.45, 7) is 4.01. The van der Waals surface area contributed by atoms with Crippen molar-refractivity contribution >= 4 is 22.4 Å². The number of nitrogens with one attached hydrogen (secondary N) is 1. The number of amides is 1. The van der Waals surface area contributed by atoms with Crippen LogP contribution in [0.4, 0.5) is 5.13 Å². The number of nitrogens with zero attached hydrogens (tertiary/aromatic N) is 4. The standard InChI is InChI=1S/C16H17N5O2S/c1-3-14-19-21-16(24-14)17-12(22)8-9-13-18-20-15(23-13)11-6-4-10(2)5-7-11/h4-7H,3,8-9H2,1-2H3,(H,17,21,22). The Morgan fingerprint density at radius 2 is 1.96 bits per heavy atom. The summed E-state index contributed by atoms with van der Waals surface area (Å²) in [5.41, 5.74) is 2.03.